The molecule has 0 fully saturated rings. The van der Waals surface area contributed by atoms with Gasteiger partial charge in [-0.2, -0.15) is 0 Å². The topological polar surface area (TPSA) is 26.0 Å². The summed E-state index contributed by atoms with van der Waals surface area (Å²) in [6, 6.07) is 5.83. The fourth-order valence-electron chi connectivity index (χ4n) is 1.44. The van der Waals surface area contributed by atoms with Crippen molar-refractivity contribution in [2.24, 2.45) is 11.7 Å². The van der Waals surface area contributed by atoms with E-state index in [0.717, 1.165) is 21.5 Å². The zero-order valence-corrected chi connectivity index (χ0v) is 12.0. The average molecular weight is 313 g/mol. The second-order valence-electron chi connectivity index (χ2n) is 3.90. The van der Waals surface area contributed by atoms with Gasteiger partial charge in [-0.1, -0.05) is 47.4 Å². The number of rotatable bonds is 3. The van der Waals surface area contributed by atoms with Crippen LogP contribution in [-0.4, -0.2) is 0 Å². The van der Waals surface area contributed by atoms with Crippen LogP contribution in [0.2, 0.25) is 5.02 Å². The van der Waals surface area contributed by atoms with Gasteiger partial charge in [-0.25, -0.2) is 0 Å². The Morgan fingerprint density at radius 3 is 2.47 bits per heavy atom. The van der Waals surface area contributed by atoms with Gasteiger partial charge in [0.15, 0.2) is 0 Å². The highest BCUT2D eigenvalue weighted by Gasteiger charge is 2.11. The molecule has 0 heterocycles. The number of halogens is 3. The third-order valence-electron chi connectivity index (χ3n) is 2.09. The molecule has 0 saturated heterocycles. The Kier molecular flexibility index (Phi) is 6.85. The van der Waals surface area contributed by atoms with Crippen LogP contribution >= 0.6 is 39.9 Å². The summed E-state index contributed by atoms with van der Waals surface area (Å²) in [6.45, 7) is 4.34. The average Bonchev–Trinajstić information content (AvgIpc) is 2.01. The second-order valence-corrected chi connectivity index (χ2v) is 5.19. The van der Waals surface area contributed by atoms with Crippen LogP contribution in [0.25, 0.3) is 0 Å². The summed E-state index contributed by atoms with van der Waals surface area (Å²) in [5.41, 5.74) is 7.20. The van der Waals surface area contributed by atoms with Gasteiger partial charge in [0.1, 0.15) is 0 Å². The summed E-state index contributed by atoms with van der Waals surface area (Å²) in [5.74, 6) is 0.604. The van der Waals surface area contributed by atoms with E-state index in [0.29, 0.717) is 5.92 Å². The largest absolute Gasteiger partial charge is 0.324 e. The zero-order valence-electron chi connectivity index (χ0n) is 8.84. The van der Waals surface area contributed by atoms with Crippen LogP contribution in [0.4, 0.5) is 0 Å². The fraction of sp³-hybridized carbons (Fsp3) is 0.455. The maximum atomic E-state index is 6.07. The van der Waals surface area contributed by atoms with E-state index in [4.69, 9.17) is 17.3 Å². The van der Waals surface area contributed by atoms with Crippen LogP contribution in [0.1, 0.15) is 31.9 Å². The molecule has 0 unspecified atom stereocenters. The summed E-state index contributed by atoms with van der Waals surface area (Å²) < 4.78 is 0.998. The van der Waals surface area contributed by atoms with Gasteiger partial charge >= 0.3 is 0 Å². The van der Waals surface area contributed by atoms with Crippen molar-refractivity contribution in [1.82, 2.24) is 0 Å². The van der Waals surface area contributed by atoms with E-state index in [2.05, 4.69) is 29.8 Å². The zero-order chi connectivity index (χ0) is 10.7. The molecule has 86 valence electrons. The first-order valence-electron chi connectivity index (χ1n) is 4.71. The molecular weight excluding hydrogens is 297 g/mol. The van der Waals surface area contributed by atoms with Crippen molar-refractivity contribution in [2.75, 3.05) is 0 Å². The minimum atomic E-state index is 0. The maximum absolute atomic E-state index is 6.07. The molecule has 0 bridgehead atoms. The van der Waals surface area contributed by atoms with Crippen molar-refractivity contribution in [3.63, 3.8) is 0 Å². The minimum absolute atomic E-state index is 0. The fourth-order valence-corrected chi connectivity index (χ4v) is 2.41. The lowest BCUT2D eigenvalue weighted by Gasteiger charge is -2.16. The summed E-state index contributed by atoms with van der Waals surface area (Å²) in [6.07, 6.45) is 0.986. The van der Waals surface area contributed by atoms with Crippen molar-refractivity contribution in [1.29, 1.82) is 0 Å². The Hall–Kier alpha value is 0.240. The molecule has 15 heavy (non-hydrogen) atoms. The van der Waals surface area contributed by atoms with Crippen LogP contribution < -0.4 is 5.73 Å². The molecule has 0 radical (unpaired) electrons. The van der Waals surface area contributed by atoms with Crippen molar-refractivity contribution < 1.29 is 0 Å². The molecule has 1 rings (SSSR count). The van der Waals surface area contributed by atoms with Crippen molar-refractivity contribution >= 4 is 39.9 Å². The van der Waals surface area contributed by atoms with Gasteiger partial charge in [-0.3, -0.25) is 0 Å². The van der Waals surface area contributed by atoms with E-state index in [-0.39, 0.29) is 18.4 Å². The van der Waals surface area contributed by atoms with E-state index >= 15 is 0 Å². The molecular formula is C11H16BrCl2N. The summed E-state index contributed by atoms with van der Waals surface area (Å²) >= 11 is 9.33. The molecule has 4 heteroatoms. The van der Waals surface area contributed by atoms with Gasteiger partial charge in [0.25, 0.3) is 0 Å². The highest BCUT2D eigenvalue weighted by atomic mass is 79.9. The van der Waals surface area contributed by atoms with Crippen LogP contribution in [0.15, 0.2) is 22.7 Å². The van der Waals surface area contributed by atoms with Crippen LogP contribution in [0, 0.1) is 5.92 Å². The molecule has 1 aromatic carbocycles. The van der Waals surface area contributed by atoms with E-state index in [1.807, 2.05) is 18.2 Å². The van der Waals surface area contributed by atoms with Crippen molar-refractivity contribution in [2.45, 2.75) is 26.3 Å². The molecule has 0 spiro atoms. The molecule has 0 amide bonds. The molecule has 1 nitrogen and oxygen atoms in total. The first-order valence-corrected chi connectivity index (χ1v) is 5.88. The third kappa shape index (κ3) is 4.73. The molecule has 1 atom stereocenters. The summed E-state index contributed by atoms with van der Waals surface area (Å²) in [4.78, 5) is 0. The van der Waals surface area contributed by atoms with E-state index < -0.39 is 0 Å². The lowest BCUT2D eigenvalue weighted by molar-refractivity contribution is 0.509. The first-order chi connectivity index (χ1) is 6.50. The second kappa shape index (κ2) is 6.74. The van der Waals surface area contributed by atoms with Gasteiger partial charge in [0, 0.05) is 15.5 Å². The number of hydrogen-bond acceptors (Lipinski definition) is 1. The number of benzene rings is 1. The monoisotopic (exact) mass is 311 g/mol. The molecule has 1 aromatic rings. The Morgan fingerprint density at radius 1 is 1.40 bits per heavy atom. The molecule has 0 saturated carbocycles. The lowest BCUT2D eigenvalue weighted by Crippen LogP contribution is -2.13. The number of nitrogens with two attached hydrogens (primary N) is 1. The molecule has 0 aliphatic heterocycles. The highest BCUT2D eigenvalue weighted by Crippen LogP contribution is 2.28. The lowest BCUT2D eigenvalue weighted by atomic mass is 9.98. The minimum Gasteiger partial charge on any atom is -0.324 e. The smallest absolute Gasteiger partial charge is 0.0417 e. The Morgan fingerprint density at radius 2 is 2.00 bits per heavy atom. The standard InChI is InChI=1S/C11H15BrClN.ClH/c1-7(2)5-11(14)9-4-3-8(13)6-10(9)12;/h3-4,6-7,11H,5,14H2,1-2H3;1H/t11-;/m0./s1. The van der Waals surface area contributed by atoms with E-state index in [1.54, 1.807) is 0 Å². The van der Waals surface area contributed by atoms with Gasteiger partial charge < -0.3 is 5.73 Å². The third-order valence-corrected chi connectivity index (χ3v) is 3.01. The van der Waals surface area contributed by atoms with Gasteiger partial charge in [-0.05, 0) is 30.0 Å². The predicted molar refractivity (Wildman–Crippen MR) is 72.8 cm³/mol. The van der Waals surface area contributed by atoms with E-state index in [9.17, 15) is 0 Å². The van der Waals surface area contributed by atoms with Crippen LogP contribution in [0.5, 0.6) is 0 Å². The Bertz CT molecular complexity index is 315. The molecule has 0 aromatic heterocycles. The van der Waals surface area contributed by atoms with Crippen LogP contribution in [0.3, 0.4) is 0 Å². The SMILES string of the molecule is CC(C)C[C@H](N)c1ccc(Cl)cc1Br.Cl. The maximum Gasteiger partial charge on any atom is 0.0417 e. The summed E-state index contributed by atoms with van der Waals surface area (Å²) in [5, 5.41) is 0.734. The Balaban J connectivity index is 0.00000196. The van der Waals surface area contributed by atoms with Crippen LogP contribution in [-0.2, 0) is 0 Å². The predicted octanol–water partition coefficient (Wildman–Crippen LogP) is 4.57. The first kappa shape index (κ1) is 15.2. The Labute approximate surface area is 111 Å². The van der Waals surface area contributed by atoms with Gasteiger partial charge in [0.05, 0.1) is 0 Å². The van der Waals surface area contributed by atoms with Gasteiger partial charge in [-0.15, -0.1) is 12.4 Å². The molecule has 0 aliphatic carbocycles. The molecule has 2 N–H and O–H groups in total. The van der Waals surface area contributed by atoms with E-state index in [1.165, 1.54) is 0 Å². The van der Waals surface area contributed by atoms with Crippen molar-refractivity contribution in [3.8, 4) is 0 Å². The number of hydrogen-bond donors (Lipinski definition) is 1. The highest BCUT2D eigenvalue weighted by molar-refractivity contribution is 9.10. The van der Waals surface area contributed by atoms with Crippen molar-refractivity contribution in [3.05, 3.63) is 33.3 Å². The molecule has 0 aliphatic rings. The van der Waals surface area contributed by atoms with Gasteiger partial charge in [0.2, 0.25) is 0 Å². The normalized spacial score (nSPS) is 12.4. The quantitative estimate of drug-likeness (QED) is 0.869. The summed E-state index contributed by atoms with van der Waals surface area (Å²) in [7, 11) is 0.